The summed E-state index contributed by atoms with van der Waals surface area (Å²) >= 11 is 0. The van der Waals surface area contributed by atoms with Crippen molar-refractivity contribution in [2.75, 3.05) is 44.7 Å². The van der Waals surface area contributed by atoms with E-state index in [0.717, 1.165) is 13.1 Å². The van der Waals surface area contributed by atoms with Crippen LogP contribution in [0, 0.1) is 0 Å². The van der Waals surface area contributed by atoms with Gasteiger partial charge in [0.15, 0.2) is 17.3 Å². The van der Waals surface area contributed by atoms with Crippen molar-refractivity contribution < 1.29 is 23.5 Å². The van der Waals surface area contributed by atoms with Crippen LogP contribution in [0.2, 0.25) is 0 Å². The molecule has 2 aromatic carbocycles. The molecule has 1 saturated heterocycles. The highest BCUT2D eigenvalue weighted by molar-refractivity contribution is 5.91. The second kappa shape index (κ2) is 11.3. The van der Waals surface area contributed by atoms with Crippen LogP contribution in [0.25, 0.3) is 0 Å². The van der Waals surface area contributed by atoms with Crippen LogP contribution in [0.1, 0.15) is 22.7 Å². The molecule has 0 aliphatic carbocycles. The number of piperazine rings is 1. The van der Waals surface area contributed by atoms with E-state index in [-0.39, 0.29) is 37.1 Å². The first-order chi connectivity index (χ1) is 16.6. The second-order valence-corrected chi connectivity index (χ2v) is 7.91. The number of methoxy groups -OCH3 is 1. The highest BCUT2D eigenvalue weighted by Crippen LogP contribution is 2.26. The summed E-state index contributed by atoms with van der Waals surface area (Å²) in [6, 6.07) is 20.8. The Morgan fingerprint density at radius 2 is 1.62 bits per heavy atom. The predicted octanol–water partition coefficient (Wildman–Crippen LogP) is 3.34. The first-order valence-electron chi connectivity index (χ1n) is 11.3. The van der Waals surface area contributed by atoms with Crippen molar-refractivity contribution in [2.24, 2.45) is 0 Å². The Bertz CT molecular complexity index is 1090. The number of amides is 2. The molecule has 8 heteroatoms. The first kappa shape index (κ1) is 23.2. The van der Waals surface area contributed by atoms with Crippen LogP contribution in [0.3, 0.4) is 0 Å². The third kappa shape index (κ3) is 5.89. The molecule has 0 bridgehead atoms. The number of nitrogens with zero attached hydrogens (tertiary/aromatic N) is 2. The Balaban J connectivity index is 1.18. The molecule has 34 heavy (non-hydrogen) atoms. The van der Waals surface area contributed by atoms with Crippen LogP contribution >= 0.6 is 0 Å². The number of hydrogen-bond acceptors (Lipinski definition) is 6. The smallest absolute Gasteiger partial charge is 0.287 e. The average molecular weight is 464 g/mol. The zero-order chi connectivity index (χ0) is 23.8. The number of anilines is 1. The van der Waals surface area contributed by atoms with Crippen molar-refractivity contribution in [1.29, 1.82) is 0 Å². The van der Waals surface area contributed by atoms with Gasteiger partial charge in [-0.2, -0.15) is 0 Å². The van der Waals surface area contributed by atoms with Crippen molar-refractivity contribution in [3.8, 4) is 11.5 Å². The molecule has 0 saturated carbocycles. The molecule has 3 aromatic rings. The summed E-state index contributed by atoms with van der Waals surface area (Å²) in [5.41, 5.74) is 1.17. The second-order valence-electron chi connectivity index (χ2n) is 7.91. The van der Waals surface area contributed by atoms with Crippen molar-refractivity contribution in [3.05, 3.63) is 78.3 Å². The van der Waals surface area contributed by atoms with Crippen LogP contribution in [0.15, 0.2) is 71.1 Å². The van der Waals surface area contributed by atoms with Gasteiger partial charge in [-0.15, -0.1) is 0 Å². The molecular formula is C26H29N3O5. The van der Waals surface area contributed by atoms with Gasteiger partial charge in [0.2, 0.25) is 5.91 Å². The van der Waals surface area contributed by atoms with Crippen molar-refractivity contribution >= 4 is 17.5 Å². The monoisotopic (exact) mass is 463 g/mol. The predicted molar refractivity (Wildman–Crippen MR) is 128 cm³/mol. The number of para-hydroxylation sites is 3. The molecule has 4 rings (SSSR count). The molecule has 0 unspecified atom stereocenters. The van der Waals surface area contributed by atoms with E-state index in [1.54, 1.807) is 31.4 Å². The Morgan fingerprint density at radius 1 is 0.912 bits per heavy atom. The van der Waals surface area contributed by atoms with Crippen molar-refractivity contribution in [2.45, 2.75) is 13.0 Å². The maximum absolute atomic E-state index is 12.5. The third-order valence-electron chi connectivity index (χ3n) is 5.70. The molecular weight excluding hydrogens is 434 g/mol. The fraction of sp³-hybridized carbons (Fsp3) is 0.308. The summed E-state index contributed by atoms with van der Waals surface area (Å²) in [6.07, 6.45) is 0.252. The molecule has 1 N–H and O–H groups in total. The van der Waals surface area contributed by atoms with Gasteiger partial charge in [0.05, 0.1) is 7.11 Å². The van der Waals surface area contributed by atoms with E-state index >= 15 is 0 Å². The van der Waals surface area contributed by atoms with E-state index in [1.807, 2.05) is 35.2 Å². The van der Waals surface area contributed by atoms with E-state index in [9.17, 15) is 9.59 Å². The highest BCUT2D eigenvalue weighted by atomic mass is 16.5. The van der Waals surface area contributed by atoms with E-state index < -0.39 is 0 Å². The van der Waals surface area contributed by atoms with Crippen molar-refractivity contribution in [1.82, 2.24) is 10.2 Å². The van der Waals surface area contributed by atoms with Gasteiger partial charge in [0, 0.05) is 44.8 Å². The van der Waals surface area contributed by atoms with Gasteiger partial charge in [-0.3, -0.25) is 9.59 Å². The molecule has 2 amide bonds. The highest BCUT2D eigenvalue weighted by Gasteiger charge is 2.21. The summed E-state index contributed by atoms with van der Waals surface area (Å²) in [6.45, 7) is 3.37. The van der Waals surface area contributed by atoms with Crippen LogP contribution in [0.4, 0.5) is 5.69 Å². The van der Waals surface area contributed by atoms with Gasteiger partial charge < -0.3 is 29.0 Å². The molecule has 1 fully saturated rings. The number of furan rings is 1. The van der Waals surface area contributed by atoms with Gasteiger partial charge in [0.1, 0.15) is 12.4 Å². The molecule has 8 nitrogen and oxygen atoms in total. The van der Waals surface area contributed by atoms with E-state index in [4.69, 9.17) is 13.9 Å². The lowest BCUT2D eigenvalue weighted by Crippen LogP contribution is -2.49. The number of rotatable bonds is 9. The number of nitrogens with one attached hydrogen (secondary N) is 1. The summed E-state index contributed by atoms with van der Waals surface area (Å²) in [7, 11) is 1.58. The lowest BCUT2D eigenvalue weighted by molar-refractivity contribution is -0.131. The minimum atomic E-state index is -0.356. The van der Waals surface area contributed by atoms with Crippen LogP contribution in [-0.2, 0) is 11.4 Å². The molecule has 0 atom stereocenters. The van der Waals surface area contributed by atoms with E-state index in [0.29, 0.717) is 30.3 Å². The number of ether oxygens (including phenoxy) is 2. The third-order valence-corrected chi connectivity index (χ3v) is 5.70. The zero-order valence-electron chi connectivity index (χ0n) is 19.2. The fourth-order valence-electron chi connectivity index (χ4n) is 3.85. The van der Waals surface area contributed by atoms with Gasteiger partial charge in [-0.25, -0.2) is 0 Å². The van der Waals surface area contributed by atoms with Gasteiger partial charge in [-0.1, -0.05) is 30.3 Å². The van der Waals surface area contributed by atoms with Gasteiger partial charge in [-0.05, 0) is 36.4 Å². The molecule has 178 valence electrons. The average Bonchev–Trinajstić information content (AvgIpc) is 3.37. The van der Waals surface area contributed by atoms with Crippen LogP contribution in [0.5, 0.6) is 11.5 Å². The topological polar surface area (TPSA) is 84.2 Å². The Kier molecular flexibility index (Phi) is 7.70. The minimum Gasteiger partial charge on any atom is -0.493 e. The molecule has 0 radical (unpaired) electrons. The van der Waals surface area contributed by atoms with Gasteiger partial charge >= 0.3 is 0 Å². The Morgan fingerprint density at radius 3 is 2.35 bits per heavy atom. The fourth-order valence-corrected chi connectivity index (χ4v) is 3.85. The quantitative estimate of drug-likeness (QED) is 0.524. The number of benzene rings is 2. The molecule has 0 spiro atoms. The normalized spacial score (nSPS) is 13.4. The standard InChI is InChI=1S/C26H29N3O5/c1-32-22-9-5-6-10-23(22)33-19-21-11-12-24(34-21)26(31)27-14-13-25(30)29-17-15-28(16-18-29)20-7-3-2-4-8-20/h2-12H,13-19H2,1H3,(H,27,31). The maximum Gasteiger partial charge on any atom is 0.287 e. The zero-order valence-corrected chi connectivity index (χ0v) is 19.2. The van der Waals surface area contributed by atoms with Gasteiger partial charge in [0.25, 0.3) is 5.91 Å². The summed E-state index contributed by atoms with van der Waals surface area (Å²) in [4.78, 5) is 29.1. The van der Waals surface area contributed by atoms with Crippen molar-refractivity contribution in [3.63, 3.8) is 0 Å². The summed E-state index contributed by atoms with van der Waals surface area (Å²) < 4.78 is 16.6. The Hall–Kier alpha value is -3.94. The maximum atomic E-state index is 12.5. The SMILES string of the molecule is COc1ccccc1OCc1ccc(C(=O)NCCC(=O)N2CCN(c3ccccc3)CC2)o1. The van der Waals surface area contributed by atoms with E-state index in [2.05, 4.69) is 22.3 Å². The number of carbonyl (C=O) groups is 2. The lowest BCUT2D eigenvalue weighted by atomic mass is 10.2. The molecule has 1 aromatic heterocycles. The molecule has 2 heterocycles. The number of carbonyl (C=O) groups excluding carboxylic acids is 2. The van der Waals surface area contributed by atoms with Crippen LogP contribution in [-0.4, -0.2) is 56.5 Å². The number of hydrogen-bond donors (Lipinski definition) is 1. The summed E-state index contributed by atoms with van der Waals surface area (Å²) in [5, 5.41) is 2.76. The minimum absolute atomic E-state index is 0.0401. The molecule has 1 aliphatic rings. The Labute approximate surface area is 199 Å². The van der Waals surface area contributed by atoms with E-state index in [1.165, 1.54) is 5.69 Å². The van der Waals surface area contributed by atoms with Crippen LogP contribution < -0.4 is 19.7 Å². The lowest BCUT2D eigenvalue weighted by Gasteiger charge is -2.36. The molecule has 1 aliphatic heterocycles. The summed E-state index contributed by atoms with van der Waals surface area (Å²) in [5.74, 6) is 1.60. The largest absolute Gasteiger partial charge is 0.493 e. The first-order valence-corrected chi connectivity index (χ1v) is 11.3.